The standard InChI is InChI=1S/C10H15NO2S/c1-13-10(3-2-4-10)8(12)7-9-11-5-6-14-9/h5-6,8,12H,2-4,7H2,1H3. The van der Waals surface area contributed by atoms with Gasteiger partial charge in [-0.15, -0.1) is 11.3 Å². The van der Waals surface area contributed by atoms with Crippen molar-refractivity contribution in [3.05, 3.63) is 16.6 Å². The van der Waals surface area contributed by atoms with Gasteiger partial charge in [-0.25, -0.2) is 4.98 Å². The van der Waals surface area contributed by atoms with Crippen LogP contribution in [0.2, 0.25) is 0 Å². The Morgan fingerprint density at radius 3 is 2.93 bits per heavy atom. The lowest BCUT2D eigenvalue weighted by Crippen LogP contribution is -2.50. The molecule has 0 aliphatic heterocycles. The Bertz CT molecular complexity index is 277. The number of rotatable bonds is 4. The van der Waals surface area contributed by atoms with Gasteiger partial charge in [-0.3, -0.25) is 0 Å². The first-order valence-corrected chi connectivity index (χ1v) is 5.76. The number of nitrogens with zero attached hydrogens (tertiary/aromatic N) is 1. The van der Waals surface area contributed by atoms with Gasteiger partial charge in [-0.05, 0) is 19.3 Å². The van der Waals surface area contributed by atoms with Crippen LogP contribution < -0.4 is 0 Å². The van der Waals surface area contributed by atoms with Crippen molar-refractivity contribution in [3.63, 3.8) is 0 Å². The van der Waals surface area contributed by atoms with E-state index in [1.807, 2.05) is 5.38 Å². The van der Waals surface area contributed by atoms with Crippen LogP contribution in [0.5, 0.6) is 0 Å². The Kier molecular flexibility index (Phi) is 2.85. The third-order valence-corrected chi connectivity index (χ3v) is 3.87. The van der Waals surface area contributed by atoms with Crippen LogP contribution in [0.4, 0.5) is 0 Å². The van der Waals surface area contributed by atoms with Crippen molar-refractivity contribution in [2.24, 2.45) is 0 Å². The van der Waals surface area contributed by atoms with E-state index in [2.05, 4.69) is 4.98 Å². The van der Waals surface area contributed by atoms with Gasteiger partial charge in [0, 0.05) is 25.1 Å². The van der Waals surface area contributed by atoms with Gasteiger partial charge >= 0.3 is 0 Å². The molecule has 2 rings (SSSR count). The van der Waals surface area contributed by atoms with E-state index in [0.29, 0.717) is 6.42 Å². The highest BCUT2D eigenvalue weighted by atomic mass is 32.1. The molecule has 0 bridgehead atoms. The van der Waals surface area contributed by atoms with Crippen molar-refractivity contribution in [1.29, 1.82) is 0 Å². The van der Waals surface area contributed by atoms with E-state index in [1.54, 1.807) is 24.6 Å². The van der Waals surface area contributed by atoms with Crippen LogP contribution in [0.15, 0.2) is 11.6 Å². The zero-order valence-corrected chi connectivity index (χ0v) is 9.09. The van der Waals surface area contributed by atoms with Gasteiger partial charge in [-0.1, -0.05) is 0 Å². The molecule has 14 heavy (non-hydrogen) atoms. The van der Waals surface area contributed by atoms with Crippen molar-refractivity contribution in [3.8, 4) is 0 Å². The molecule has 0 spiro atoms. The first-order valence-electron chi connectivity index (χ1n) is 4.88. The zero-order valence-electron chi connectivity index (χ0n) is 8.27. The van der Waals surface area contributed by atoms with Crippen LogP contribution in [0.25, 0.3) is 0 Å². The van der Waals surface area contributed by atoms with Crippen molar-refractivity contribution in [2.75, 3.05) is 7.11 Å². The lowest BCUT2D eigenvalue weighted by Gasteiger charge is -2.43. The second-order valence-corrected chi connectivity index (χ2v) is 4.75. The van der Waals surface area contributed by atoms with E-state index in [-0.39, 0.29) is 5.60 Å². The minimum atomic E-state index is -0.410. The lowest BCUT2D eigenvalue weighted by molar-refractivity contribution is -0.148. The topological polar surface area (TPSA) is 42.4 Å². The van der Waals surface area contributed by atoms with E-state index in [0.717, 1.165) is 24.3 Å². The Labute approximate surface area is 87.7 Å². The minimum absolute atomic E-state index is 0.286. The molecule has 4 heteroatoms. The summed E-state index contributed by atoms with van der Waals surface area (Å²) in [5.74, 6) is 0. The molecule has 1 aromatic rings. The molecule has 1 atom stereocenters. The SMILES string of the molecule is COC1(C(O)Cc2nccs2)CCC1. The molecule has 1 heterocycles. The fraction of sp³-hybridized carbons (Fsp3) is 0.700. The number of aliphatic hydroxyl groups excluding tert-OH is 1. The smallest absolute Gasteiger partial charge is 0.0951 e. The van der Waals surface area contributed by atoms with Crippen molar-refractivity contribution in [1.82, 2.24) is 4.98 Å². The molecule has 1 aromatic heterocycles. The number of hydrogen-bond acceptors (Lipinski definition) is 4. The molecular formula is C10H15NO2S. The van der Waals surface area contributed by atoms with Gasteiger partial charge in [0.05, 0.1) is 16.7 Å². The highest BCUT2D eigenvalue weighted by molar-refractivity contribution is 7.09. The molecule has 0 saturated heterocycles. The highest BCUT2D eigenvalue weighted by Gasteiger charge is 2.43. The van der Waals surface area contributed by atoms with Crippen LogP contribution in [0.1, 0.15) is 24.3 Å². The van der Waals surface area contributed by atoms with Gasteiger partial charge in [0.25, 0.3) is 0 Å². The quantitative estimate of drug-likeness (QED) is 0.826. The average molecular weight is 213 g/mol. The summed E-state index contributed by atoms with van der Waals surface area (Å²) in [6.45, 7) is 0. The van der Waals surface area contributed by atoms with Gasteiger partial charge < -0.3 is 9.84 Å². The first kappa shape index (κ1) is 10.1. The van der Waals surface area contributed by atoms with E-state index in [1.165, 1.54) is 0 Å². The van der Waals surface area contributed by atoms with Crippen molar-refractivity contribution >= 4 is 11.3 Å². The van der Waals surface area contributed by atoms with E-state index in [9.17, 15) is 5.11 Å². The Morgan fingerprint density at radius 1 is 1.71 bits per heavy atom. The van der Waals surface area contributed by atoms with Gasteiger partial charge in [0.2, 0.25) is 0 Å². The van der Waals surface area contributed by atoms with Gasteiger partial charge in [-0.2, -0.15) is 0 Å². The molecule has 3 nitrogen and oxygen atoms in total. The maximum atomic E-state index is 10.0. The Morgan fingerprint density at radius 2 is 2.50 bits per heavy atom. The monoisotopic (exact) mass is 213 g/mol. The van der Waals surface area contributed by atoms with E-state index < -0.39 is 6.10 Å². The number of ether oxygens (including phenoxy) is 1. The van der Waals surface area contributed by atoms with Crippen LogP contribution in [0.3, 0.4) is 0 Å². The molecule has 1 aliphatic carbocycles. The number of aliphatic hydroxyl groups is 1. The fourth-order valence-electron chi connectivity index (χ4n) is 1.90. The molecule has 1 aliphatic rings. The second-order valence-electron chi connectivity index (χ2n) is 3.77. The van der Waals surface area contributed by atoms with E-state index in [4.69, 9.17) is 4.74 Å². The Balaban J connectivity index is 1.98. The predicted octanol–water partition coefficient (Wildman–Crippen LogP) is 1.62. The molecule has 78 valence electrons. The molecule has 0 amide bonds. The fourth-order valence-corrected chi connectivity index (χ4v) is 2.56. The summed E-state index contributed by atoms with van der Waals surface area (Å²) >= 11 is 1.59. The maximum absolute atomic E-state index is 10.0. The Hall–Kier alpha value is -0.450. The van der Waals surface area contributed by atoms with Crippen molar-refractivity contribution < 1.29 is 9.84 Å². The molecule has 0 aromatic carbocycles. The first-order chi connectivity index (χ1) is 6.77. The number of hydrogen-bond donors (Lipinski definition) is 1. The van der Waals surface area contributed by atoms with Gasteiger partial charge in [0.1, 0.15) is 0 Å². The van der Waals surface area contributed by atoms with E-state index >= 15 is 0 Å². The number of methoxy groups -OCH3 is 1. The summed E-state index contributed by atoms with van der Waals surface area (Å²) in [5, 5.41) is 13.0. The average Bonchev–Trinajstić information content (AvgIpc) is 2.55. The maximum Gasteiger partial charge on any atom is 0.0951 e. The largest absolute Gasteiger partial charge is 0.390 e. The normalized spacial score (nSPS) is 21.6. The predicted molar refractivity (Wildman–Crippen MR) is 55.4 cm³/mol. The van der Waals surface area contributed by atoms with Crippen LogP contribution in [-0.4, -0.2) is 28.9 Å². The van der Waals surface area contributed by atoms with Crippen molar-refractivity contribution in [2.45, 2.75) is 37.4 Å². The summed E-state index contributed by atoms with van der Waals surface area (Å²) in [6, 6.07) is 0. The summed E-state index contributed by atoms with van der Waals surface area (Å²) in [4.78, 5) is 4.17. The number of thiazole rings is 1. The van der Waals surface area contributed by atoms with Gasteiger partial charge in [0.15, 0.2) is 0 Å². The van der Waals surface area contributed by atoms with Crippen LogP contribution in [0, 0.1) is 0 Å². The zero-order chi connectivity index (χ0) is 10.0. The molecule has 0 radical (unpaired) electrons. The van der Waals surface area contributed by atoms with Crippen LogP contribution >= 0.6 is 11.3 Å². The lowest BCUT2D eigenvalue weighted by atomic mass is 9.75. The molecule has 1 saturated carbocycles. The van der Waals surface area contributed by atoms with Crippen LogP contribution in [-0.2, 0) is 11.2 Å². The third kappa shape index (κ3) is 1.69. The summed E-state index contributed by atoms with van der Waals surface area (Å²) in [5.41, 5.74) is -0.286. The molecule has 1 unspecified atom stereocenters. The minimum Gasteiger partial charge on any atom is -0.390 e. The molecule has 1 fully saturated rings. The third-order valence-electron chi connectivity index (χ3n) is 3.07. The summed E-state index contributed by atoms with van der Waals surface area (Å²) in [7, 11) is 1.68. The molecular weight excluding hydrogens is 198 g/mol. The summed E-state index contributed by atoms with van der Waals surface area (Å²) in [6.07, 6.45) is 5.07. The number of aromatic nitrogens is 1. The molecule has 1 N–H and O–H groups in total. The highest BCUT2D eigenvalue weighted by Crippen LogP contribution is 2.39. The summed E-state index contributed by atoms with van der Waals surface area (Å²) < 4.78 is 5.41. The second kappa shape index (κ2) is 3.96.